The van der Waals surface area contributed by atoms with Gasteiger partial charge in [-0.05, 0) is 61.4 Å². The lowest BCUT2D eigenvalue weighted by atomic mass is 10.2. The molecule has 0 fully saturated rings. The number of rotatable bonds is 4. The van der Waals surface area contributed by atoms with Crippen molar-refractivity contribution in [3.8, 4) is 11.5 Å². The SMILES string of the molecule is COc1ccc(N=Nc2ccc(OC)cc2C)c(C)c1. The van der Waals surface area contributed by atoms with Crippen LogP contribution in [0.2, 0.25) is 0 Å². The van der Waals surface area contributed by atoms with Crippen molar-refractivity contribution in [1.29, 1.82) is 0 Å². The molecule has 0 heterocycles. The average molecular weight is 270 g/mol. The zero-order valence-corrected chi connectivity index (χ0v) is 12.2. The molecule has 0 atom stereocenters. The zero-order chi connectivity index (χ0) is 14.5. The largest absolute Gasteiger partial charge is 0.497 e. The molecule has 0 spiro atoms. The summed E-state index contributed by atoms with van der Waals surface area (Å²) >= 11 is 0. The van der Waals surface area contributed by atoms with Gasteiger partial charge in [0.1, 0.15) is 11.5 Å². The molecule has 0 aliphatic heterocycles. The fourth-order valence-electron chi connectivity index (χ4n) is 1.84. The Labute approximate surface area is 119 Å². The smallest absolute Gasteiger partial charge is 0.119 e. The monoisotopic (exact) mass is 270 g/mol. The molecule has 0 N–H and O–H groups in total. The van der Waals surface area contributed by atoms with Crippen molar-refractivity contribution in [2.24, 2.45) is 10.2 Å². The van der Waals surface area contributed by atoms with Crippen molar-refractivity contribution in [3.63, 3.8) is 0 Å². The maximum Gasteiger partial charge on any atom is 0.119 e. The van der Waals surface area contributed by atoms with E-state index in [-0.39, 0.29) is 0 Å². The van der Waals surface area contributed by atoms with E-state index in [1.807, 2.05) is 50.2 Å². The Morgan fingerprint density at radius 1 is 0.700 bits per heavy atom. The number of methoxy groups -OCH3 is 2. The Balaban J connectivity index is 2.25. The first kappa shape index (κ1) is 14.1. The van der Waals surface area contributed by atoms with Crippen LogP contribution < -0.4 is 9.47 Å². The Morgan fingerprint density at radius 2 is 1.10 bits per heavy atom. The number of hydrogen-bond donors (Lipinski definition) is 0. The van der Waals surface area contributed by atoms with Gasteiger partial charge in [-0.2, -0.15) is 10.2 Å². The second-order valence-corrected chi connectivity index (χ2v) is 4.50. The van der Waals surface area contributed by atoms with E-state index in [1.54, 1.807) is 14.2 Å². The average Bonchev–Trinajstić information content (AvgIpc) is 2.46. The van der Waals surface area contributed by atoms with Crippen LogP contribution in [-0.2, 0) is 0 Å². The third-order valence-corrected chi connectivity index (χ3v) is 3.07. The standard InChI is InChI=1S/C16H18N2O2/c1-11-9-13(19-3)5-7-15(11)17-18-16-8-6-14(20-4)10-12(16)2/h5-10H,1-4H3. The van der Waals surface area contributed by atoms with Gasteiger partial charge in [-0.15, -0.1) is 0 Å². The second-order valence-electron chi connectivity index (χ2n) is 4.50. The van der Waals surface area contributed by atoms with E-state index in [0.717, 1.165) is 34.0 Å². The van der Waals surface area contributed by atoms with Crippen LogP contribution in [0.5, 0.6) is 11.5 Å². The minimum absolute atomic E-state index is 0.821. The Hall–Kier alpha value is -2.36. The van der Waals surface area contributed by atoms with Gasteiger partial charge in [-0.25, -0.2) is 0 Å². The van der Waals surface area contributed by atoms with E-state index in [2.05, 4.69) is 10.2 Å². The normalized spacial score (nSPS) is 10.8. The van der Waals surface area contributed by atoms with E-state index in [4.69, 9.17) is 9.47 Å². The quantitative estimate of drug-likeness (QED) is 0.753. The lowest BCUT2D eigenvalue weighted by Gasteiger charge is -2.04. The van der Waals surface area contributed by atoms with E-state index < -0.39 is 0 Å². The molecule has 0 aliphatic rings. The fraction of sp³-hybridized carbons (Fsp3) is 0.250. The predicted molar refractivity (Wildman–Crippen MR) is 79.6 cm³/mol. The first-order valence-corrected chi connectivity index (χ1v) is 6.35. The Kier molecular flexibility index (Phi) is 4.35. The first-order chi connectivity index (χ1) is 9.63. The van der Waals surface area contributed by atoms with Gasteiger partial charge < -0.3 is 9.47 Å². The van der Waals surface area contributed by atoms with E-state index in [1.165, 1.54) is 0 Å². The lowest BCUT2D eigenvalue weighted by Crippen LogP contribution is -1.84. The first-order valence-electron chi connectivity index (χ1n) is 6.35. The Bertz CT molecular complexity index is 581. The molecule has 104 valence electrons. The summed E-state index contributed by atoms with van der Waals surface area (Å²) in [4.78, 5) is 0. The number of hydrogen-bond acceptors (Lipinski definition) is 4. The van der Waals surface area contributed by atoms with Crippen molar-refractivity contribution in [1.82, 2.24) is 0 Å². The summed E-state index contributed by atoms with van der Waals surface area (Å²) < 4.78 is 10.3. The highest BCUT2D eigenvalue weighted by Gasteiger charge is 2.01. The van der Waals surface area contributed by atoms with Crippen LogP contribution in [0.4, 0.5) is 11.4 Å². The maximum absolute atomic E-state index is 5.17. The topological polar surface area (TPSA) is 43.2 Å². The molecule has 4 heteroatoms. The third-order valence-electron chi connectivity index (χ3n) is 3.07. The zero-order valence-electron chi connectivity index (χ0n) is 12.2. The molecule has 0 aromatic heterocycles. The van der Waals surface area contributed by atoms with Crippen molar-refractivity contribution in [3.05, 3.63) is 47.5 Å². The van der Waals surface area contributed by atoms with Gasteiger partial charge >= 0.3 is 0 Å². The molecule has 0 radical (unpaired) electrons. The minimum Gasteiger partial charge on any atom is -0.497 e. The van der Waals surface area contributed by atoms with E-state index >= 15 is 0 Å². The molecular weight excluding hydrogens is 252 g/mol. The van der Waals surface area contributed by atoms with Crippen molar-refractivity contribution in [2.75, 3.05) is 14.2 Å². The summed E-state index contributed by atoms with van der Waals surface area (Å²) in [5.41, 5.74) is 3.72. The number of benzene rings is 2. The Morgan fingerprint density at radius 3 is 1.40 bits per heavy atom. The highest BCUT2D eigenvalue weighted by atomic mass is 16.5. The lowest BCUT2D eigenvalue weighted by molar-refractivity contribution is 0.414. The molecule has 0 unspecified atom stereocenters. The van der Waals surface area contributed by atoms with Crippen LogP contribution in [0.15, 0.2) is 46.6 Å². The van der Waals surface area contributed by atoms with Gasteiger partial charge in [0, 0.05) is 0 Å². The van der Waals surface area contributed by atoms with E-state index in [0.29, 0.717) is 0 Å². The fourth-order valence-corrected chi connectivity index (χ4v) is 1.84. The highest BCUT2D eigenvalue weighted by Crippen LogP contribution is 2.28. The summed E-state index contributed by atoms with van der Waals surface area (Å²) in [6.45, 7) is 3.97. The van der Waals surface area contributed by atoms with Crippen LogP contribution in [0, 0.1) is 13.8 Å². The van der Waals surface area contributed by atoms with Crippen LogP contribution in [-0.4, -0.2) is 14.2 Å². The molecule has 0 bridgehead atoms. The summed E-state index contributed by atoms with van der Waals surface area (Å²) in [5, 5.41) is 8.59. The molecule has 2 aromatic carbocycles. The number of aryl methyl sites for hydroxylation is 2. The molecule has 0 aliphatic carbocycles. The minimum atomic E-state index is 0.821. The van der Waals surface area contributed by atoms with Gasteiger partial charge in [0.15, 0.2) is 0 Å². The van der Waals surface area contributed by atoms with Crippen molar-refractivity contribution >= 4 is 11.4 Å². The molecule has 0 amide bonds. The predicted octanol–water partition coefficient (Wildman–Crippen LogP) is 4.74. The number of azo groups is 1. The van der Waals surface area contributed by atoms with Gasteiger partial charge in [0.2, 0.25) is 0 Å². The number of nitrogens with zero attached hydrogens (tertiary/aromatic N) is 2. The summed E-state index contributed by atoms with van der Waals surface area (Å²) in [7, 11) is 3.30. The van der Waals surface area contributed by atoms with Gasteiger partial charge in [0.05, 0.1) is 25.6 Å². The molecule has 2 aromatic rings. The van der Waals surface area contributed by atoms with Gasteiger partial charge in [0.25, 0.3) is 0 Å². The summed E-state index contributed by atoms with van der Waals surface area (Å²) in [6.07, 6.45) is 0. The molecule has 20 heavy (non-hydrogen) atoms. The van der Waals surface area contributed by atoms with Crippen molar-refractivity contribution < 1.29 is 9.47 Å². The summed E-state index contributed by atoms with van der Waals surface area (Å²) in [6, 6.07) is 11.4. The molecular formula is C16H18N2O2. The molecule has 2 rings (SSSR count). The van der Waals surface area contributed by atoms with E-state index in [9.17, 15) is 0 Å². The van der Waals surface area contributed by atoms with Crippen LogP contribution in [0.1, 0.15) is 11.1 Å². The summed E-state index contributed by atoms with van der Waals surface area (Å²) in [5.74, 6) is 1.64. The maximum atomic E-state index is 5.17. The van der Waals surface area contributed by atoms with Gasteiger partial charge in [-0.1, -0.05) is 0 Å². The van der Waals surface area contributed by atoms with Gasteiger partial charge in [-0.3, -0.25) is 0 Å². The molecule has 0 saturated heterocycles. The number of ether oxygens (including phenoxy) is 2. The molecule has 0 saturated carbocycles. The van der Waals surface area contributed by atoms with Crippen LogP contribution >= 0.6 is 0 Å². The van der Waals surface area contributed by atoms with Crippen LogP contribution in [0.25, 0.3) is 0 Å². The second kappa shape index (κ2) is 6.19. The highest BCUT2D eigenvalue weighted by molar-refractivity contribution is 5.51. The van der Waals surface area contributed by atoms with Crippen LogP contribution in [0.3, 0.4) is 0 Å². The van der Waals surface area contributed by atoms with Crippen molar-refractivity contribution in [2.45, 2.75) is 13.8 Å². The molecule has 4 nitrogen and oxygen atoms in total. The third kappa shape index (κ3) is 3.15.